The summed E-state index contributed by atoms with van der Waals surface area (Å²) in [4.78, 5) is 25.0. The van der Waals surface area contributed by atoms with Gasteiger partial charge in [-0.3, -0.25) is 14.2 Å². The van der Waals surface area contributed by atoms with E-state index in [-0.39, 0.29) is 17.4 Å². The van der Waals surface area contributed by atoms with E-state index in [0.717, 1.165) is 11.3 Å². The number of ether oxygens (including phenoxy) is 1. The van der Waals surface area contributed by atoms with Crippen molar-refractivity contribution in [2.24, 2.45) is 5.73 Å². The Balaban J connectivity index is 1.70. The second-order valence-electron chi connectivity index (χ2n) is 6.24. The second kappa shape index (κ2) is 7.78. The van der Waals surface area contributed by atoms with E-state index in [1.807, 2.05) is 4.40 Å². The van der Waals surface area contributed by atoms with E-state index in [4.69, 9.17) is 22.1 Å². The first-order chi connectivity index (χ1) is 14.0. The van der Waals surface area contributed by atoms with Crippen LogP contribution in [0.25, 0.3) is 16.3 Å². The number of carbonyl (C=O) groups excluding carboxylic acids is 1. The van der Waals surface area contributed by atoms with Crippen LogP contribution in [0, 0.1) is 0 Å². The van der Waals surface area contributed by atoms with Gasteiger partial charge in [-0.25, -0.2) is 4.98 Å². The fourth-order valence-corrected chi connectivity index (χ4v) is 4.10. The molecule has 29 heavy (non-hydrogen) atoms. The van der Waals surface area contributed by atoms with Gasteiger partial charge in [-0.1, -0.05) is 23.7 Å². The number of aliphatic hydroxyl groups is 1. The van der Waals surface area contributed by atoms with Crippen molar-refractivity contribution in [2.45, 2.75) is 19.6 Å². The van der Waals surface area contributed by atoms with Gasteiger partial charge in [0.1, 0.15) is 16.8 Å². The number of amides is 1. The third kappa shape index (κ3) is 3.67. The molecule has 4 aromatic rings. The molecule has 1 aromatic carbocycles. The summed E-state index contributed by atoms with van der Waals surface area (Å²) >= 11 is 7.43. The zero-order valence-corrected chi connectivity index (χ0v) is 16.8. The first kappa shape index (κ1) is 19.3. The van der Waals surface area contributed by atoms with Crippen LogP contribution < -0.4 is 10.5 Å². The Kier molecular flexibility index (Phi) is 5.18. The van der Waals surface area contributed by atoms with Crippen LogP contribution in [-0.4, -0.2) is 30.4 Å². The maximum atomic E-state index is 12.0. The summed E-state index contributed by atoms with van der Waals surface area (Å²) in [5.41, 5.74) is 8.30. The molecule has 3 N–H and O–H groups in total. The van der Waals surface area contributed by atoms with Crippen molar-refractivity contribution in [3.8, 4) is 16.6 Å². The van der Waals surface area contributed by atoms with E-state index in [1.165, 1.54) is 0 Å². The molecule has 0 unspecified atom stereocenters. The zero-order chi connectivity index (χ0) is 20.5. The van der Waals surface area contributed by atoms with Crippen LogP contribution in [0.5, 0.6) is 5.88 Å². The van der Waals surface area contributed by atoms with Crippen LogP contribution in [0.4, 0.5) is 0 Å². The lowest BCUT2D eigenvalue weighted by Gasteiger charge is -2.15. The third-order valence-electron chi connectivity index (χ3n) is 4.33. The summed E-state index contributed by atoms with van der Waals surface area (Å²) < 4.78 is 7.76. The summed E-state index contributed by atoms with van der Waals surface area (Å²) in [5.74, 6) is -0.496. The third-order valence-corrected chi connectivity index (χ3v) is 5.73. The highest BCUT2D eigenvalue weighted by atomic mass is 35.5. The number of primary amides is 1. The number of benzene rings is 1. The molecule has 0 spiro atoms. The molecule has 0 aliphatic carbocycles. The summed E-state index contributed by atoms with van der Waals surface area (Å²) in [6.45, 7) is 1.69. The maximum Gasteiger partial charge on any atom is 0.264 e. The quantitative estimate of drug-likeness (QED) is 0.486. The number of nitrogens with zero attached hydrogens (tertiary/aromatic N) is 4. The fraction of sp³-hybridized carbons (Fsp3) is 0.158. The summed E-state index contributed by atoms with van der Waals surface area (Å²) in [6.07, 6.45) is 6.18. The Morgan fingerprint density at radius 1 is 1.41 bits per heavy atom. The SMILES string of the molecule is C[C@@H](Oc1nc(-c2cnc3cnccn23)sc1C(N)=O)c1ccc(CO)cc1Cl. The van der Waals surface area contributed by atoms with Gasteiger partial charge in [-0.05, 0) is 18.6 Å². The predicted octanol–water partition coefficient (Wildman–Crippen LogP) is 3.24. The average molecular weight is 430 g/mol. The zero-order valence-electron chi connectivity index (χ0n) is 15.2. The molecule has 0 aliphatic rings. The molecule has 0 bridgehead atoms. The van der Waals surface area contributed by atoms with Gasteiger partial charge >= 0.3 is 0 Å². The van der Waals surface area contributed by atoms with E-state index in [1.54, 1.807) is 49.9 Å². The molecule has 0 saturated heterocycles. The number of carbonyl (C=O) groups is 1. The minimum Gasteiger partial charge on any atom is -0.469 e. The molecule has 1 amide bonds. The molecule has 8 nitrogen and oxygen atoms in total. The van der Waals surface area contributed by atoms with Crippen LogP contribution in [0.3, 0.4) is 0 Å². The van der Waals surface area contributed by atoms with E-state index in [0.29, 0.717) is 32.5 Å². The monoisotopic (exact) mass is 429 g/mol. The topological polar surface area (TPSA) is 116 Å². The van der Waals surface area contributed by atoms with Crippen molar-refractivity contribution in [1.82, 2.24) is 19.4 Å². The van der Waals surface area contributed by atoms with Gasteiger partial charge in [0.2, 0.25) is 5.88 Å². The largest absolute Gasteiger partial charge is 0.469 e. The minimum atomic E-state index is -0.631. The first-order valence-electron chi connectivity index (χ1n) is 8.62. The number of fused-ring (bicyclic) bond motifs is 1. The lowest BCUT2D eigenvalue weighted by atomic mass is 10.1. The van der Waals surface area contributed by atoms with Crippen LogP contribution in [0.1, 0.15) is 33.8 Å². The fourth-order valence-electron chi connectivity index (χ4n) is 2.88. The van der Waals surface area contributed by atoms with Gasteiger partial charge < -0.3 is 15.6 Å². The normalized spacial score (nSPS) is 12.2. The van der Waals surface area contributed by atoms with Crippen molar-refractivity contribution >= 4 is 34.5 Å². The number of hydrogen-bond acceptors (Lipinski definition) is 7. The van der Waals surface area contributed by atoms with E-state index >= 15 is 0 Å². The van der Waals surface area contributed by atoms with Crippen LogP contribution in [0.15, 0.2) is 43.0 Å². The summed E-state index contributed by atoms with van der Waals surface area (Å²) in [5, 5.41) is 10.2. The number of thiazole rings is 1. The van der Waals surface area contributed by atoms with Gasteiger partial charge in [0.25, 0.3) is 5.91 Å². The van der Waals surface area contributed by atoms with E-state index in [2.05, 4.69) is 15.0 Å². The molecule has 148 valence electrons. The molecule has 1 atom stereocenters. The van der Waals surface area contributed by atoms with E-state index < -0.39 is 12.0 Å². The highest BCUT2D eigenvalue weighted by molar-refractivity contribution is 7.17. The molecular formula is C19H16ClN5O3S. The molecule has 4 rings (SSSR count). The van der Waals surface area contributed by atoms with Crippen molar-refractivity contribution < 1.29 is 14.6 Å². The van der Waals surface area contributed by atoms with Gasteiger partial charge in [0.15, 0.2) is 10.5 Å². The van der Waals surface area contributed by atoms with Crippen LogP contribution in [-0.2, 0) is 6.61 Å². The molecular weight excluding hydrogens is 414 g/mol. The Morgan fingerprint density at radius 3 is 2.97 bits per heavy atom. The number of imidazole rings is 1. The average Bonchev–Trinajstić information content (AvgIpc) is 3.31. The number of aliphatic hydroxyl groups excluding tert-OH is 1. The Bertz CT molecular complexity index is 1210. The lowest BCUT2D eigenvalue weighted by molar-refractivity contribution is 0.0997. The van der Waals surface area contributed by atoms with Crippen LogP contribution in [0.2, 0.25) is 5.02 Å². The molecule has 3 aromatic heterocycles. The number of halogens is 1. The molecule has 0 fully saturated rings. The first-order valence-corrected chi connectivity index (χ1v) is 9.81. The highest BCUT2D eigenvalue weighted by Crippen LogP contribution is 2.36. The summed E-state index contributed by atoms with van der Waals surface area (Å²) in [6, 6.07) is 5.20. The lowest BCUT2D eigenvalue weighted by Crippen LogP contribution is -2.12. The molecule has 3 heterocycles. The summed E-state index contributed by atoms with van der Waals surface area (Å²) in [7, 11) is 0. The molecule has 10 heteroatoms. The number of aromatic nitrogens is 4. The number of nitrogens with two attached hydrogens (primary N) is 1. The Hall–Kier alpha value is -3.01. The van der Waals surface area contributed by atoms with E-state index in [9.17, 15) is 9.90 Å². The van der Waals surface area contributed by atoms with Crippen molar-refractivity contribution in [2.75, 3.05) is 0 Å². The Morgan fingerprint density at radius 2 is 2.24 bits per heavy atom. The molecule has 0 radical (unpaired) electrons. The molecule has 0 aliphatic heterocycles. The maximum absolute atomic E-state index is 12.0. The number of rotatable bonds is 6. The molecule has 0 saturated carbocycles. The smallest absolute Gasteiger partial charge is 0.264 e. The highest BCUT2D eigenvalue weighted by Gasteiger charge is 2.23. The van der Waals surface area contributed by atoms with Gasteiger partial charge in [0, 0.05) is 23.0 Å². The minimum absolute atomic E-state index is 0.106. The van der Waals surface area contributed by atoms with Crippen molar-refractivity contribution in [3.05, 3.63) is 64.0 Å². The van der Waals surface area contributed by atoms with Gasteiger partial charge in [-0.2, -0.15) is 4.98 Å². The second-order valence-corrected chi connectivity index (χ2v) is 7.65. The van der Waals surface area contributed by atoms with Crippen molar-refractivity contribution in [1.29, 1.82) is 0 Å². The van der Waals surface area contributed by atoms with Gasteiger partial charge in [0.05, 0.1) is 19.0 Å². The van der Waals surface area contributed by atoms with Gasteiger partial charge in [-0.15, -0.1) is 11.3 Å². The number of hydrogen-bond donors (Lipinski definition) is 2. The van der Waals surface area contributed by atoms with Crippen molar-refractivity contribution in [3.63, 3.8) is 0 Å². The predicted molar refractivity (Wildman–Crippen MR) is 109 cm³/mol. The standard InChI is InChI=1S/C19H16ClN5O3S/c1-10(12-3-2-11(9-26)6-13(12)20)28-18-16(17(21)27)29-19(24-18)14-7-23-15-8-22-4-5-25(14)15/h2-8,10,26H,9H2,1H3,(H2,21,27)/t10-/m1/s1. The Labute approximate surface area is 174 Å². The van der Waals surface area contributed by atoms with Crippen LogP contribution >= 0.6 is 22.9 Å².